The van der Waals surface area contributed by atoms with E-state index in [2.05, 4.69) is 0 Å². The lowest BCUT2D eigenvalue weighted by atomic mass is 9.83. The van der Waals surface area contributed by atoms with Gasteiger partial charge >= 0.3 is 0 Å². The molecule has 1 N–H and O–H groups in total. The highest BCUT2D eigenvalue weighted by molar-refractivity contribution is 7.87. The fourth-order valence-corrected chi connectivity index (χ4v) is 3.48. The van der Waals surface area contributed by atoms with Crippen LogP contribution >= 0.6 is 0 Å². The Kier molecular flexibility index (Phi) is 2.93. The predicted octanol–water partition coefficient (Wildman–Crippen LogP) is 2.53. The van der Waals surface area contributed by atoms with Crippen molar-refractivity contribution >= 4 is 10.1 Å². The third kappa shape index (κ3) is 1.83. The molecule has 17 heavy (non-hydrogen) atoms. The zero-order chi connectivity index (χ0) is 12.5. The zero-order valence-corrected chi connectivity index (χ0v) is 10.3. The van der Waals surface area contributed by atoms with Gasteiger partial charge in [-0.25, -0.2) is 0 Å². The molecule has 0 saturated heterocycles. The molecule has 2 unspecified atom stereocenters. The predicted molar refractivity (Wildman–Crippen MR) is 67.1 cm³/mol. The van der Waals surface area contributed by atoms with Crippen molar-refractivity contribution in [1.82, 2.24) is 0 Å². The van der Waals surface area contributed by atoms with Gasteiger partial charge in [0, 0.05) is 5.92 Å². The fourth-order valence-electron chi connectivity index (χ4n) is 2.25. The Labute approximate surface area is 101 Å². The number of rotatable bonds is 2. The van der Waals surface area contributed by atoms with E-state index >= 15 is 0 Å². The fraction of sp³-hybridized carbons (Fsp3) is 0.231. The van der Waals surface area contributed by atoms with Crippen LogP contribution in [0.15, 0.2) is 54.6 Å². The highest BCUT2D eigenvalue weighted by atomic mass is 32.2. The molecule has 0 spiro atoms. The summed E-state index contributed by atoms with van der Waals surface area (Å²) in [5.41, 5.74) is 0.579. The average molecular weight is 250 g/mol. The molecule has 0 fully saturated rings. The summed E-state index contributed by atoms with van der Waals surface area (Å²) in [6.07, 6.45) is 6.76. The van der Waals surface area contributed by atoms with Crippen molar-refractivity contribution in [3.8, 4) is 0 Å². The van der Waals surface area contributed by atoms with Gasteiger partial charge in [0.05, 0.1) is 0 Å². The quantitative estimate of drug-likeness (QED) is 0.821. The molecule has 0 aliphatic heterocycles. The molecule has 0 radical (unpaired) electrons. The van der Waals surface area contributed by atoms with Gasteiger partial charge in [-0.3, -0.25) is 4.55 Å². The van der Waals surface area contributed by atoms with Gasteiger partial charge in [-0.15, -0.1) is 0 Å². The average Bonchev–Trinajstić information content (AvgIpc) is 2.29. The molecule has 2 rings (SSSR count). The molecule has 0 saturated carbocycles. The van der Waals surface area contributed by atoms with Crippen LogP contribution in [0.5, 0.6) is 0 Å². The van der Waals surface area contributed by atoms with Crippen molar-refractivity contribution in [2.24, 2.45) is 5.92 Å². The van der Waals surface area contributed by atoms with Crippen LogP contribution in [0.4, 0.5) is 0 Å². The maximum atomic E-state index is 11.8. The Bertz CT molecular complexity index is 558. The van der Waals surface area contributed by atoms with Crippen LogP contribution in [0.3, 0.4) is 0 Å². The first-order chi connectivity index (χ1) is 7.98. The lowest BCUT2D eigenvalue weighted by Crippen LogP contribution is -2.40. The van der Waals surface area contributed by atoms with Crippen LogP contribution in [0, 0.1) is 5.92 Å². The second-order valence-corrected chi connectivity index (χ2v) is 5.79. The molecule has 2 atom stereocenters. The van der Waals surface area contributed by atoms with Crippen LogP contribution < -0.4 is 0 Å². The lowest BCUT2D eigenvalue weighted by molar-refractivity contribution is 0.419. The van der Waals surface area contributed by atoms with E-state index in [9.17, 15) is 13.0 Å². The largest absolute Gasteiger partial charge is 0.285 e. The molecular weight excluding hydrogens is 236 g/mol. The van der Waals surface area contributed by atoms with E-state index in [1.165, 1.54) is 0 Å². The van der Waals surface area contributed by atoms with Gasteiger partial charge in [0.15, 0.2) is 0 Å². The number of hydrogen-bond acceptors (Lipinski definition) is 2. The summed E-state index contributed by atoms with van der Waals surface area (Å²) >= 11 is 0. The van der Waals surface area contributed by atoms with Gasteiger partial charge in [0.25, 0.3) is 10.1 Å². The smallest absolute Gasteiger partial charge is 0.279 e. The van der Waals surface area contributed by atoms with Crippen LogP contribution in [-0.4, -0.2) is 13.0 Å². The summed E-state index contributed by atoms with van der Waals surface area (Å²) in [5.74, 6) is -0.315. The van der Waals surface area contributed by atoms with Gasteiger partial charge in [-0.2, -0.15) is 8.42 Å². The SMILES string of the molecule is CC1C=CC=CC1(c1ccccc1)S(=O)(=O)O. The molecule has 0 amide bonds. The first kappa shape index (κ1) is 12.1. The van der Waals surface area contributed by atoms with Crippen LogP contribution in [0.2, 0.25) is 0 Å². The van der Waals surface area contributed by atoms with E-state index in [0.717, 1.165) is 0 Å². The molecule has 1 aliphatic carbocycles. The summed E-state index contributed by atoms with van der Waals surface area (Å²) in [5, 5.41) is 0. The first-order valence-corrected chi connectivity index (χ1v) is 6.81. The molecule has 0 aromatic heterocycles. The highest BCUT2D eigenvalue weighted by Gasteiger charge is 2.46. The van der Waals surface area contributed by atoms with Gasteiger partial charge in [-0.05, 0) is 5.56 Å². The summed E-state index contributed by atoms with van der Waals surface area (Å²) in [6, 6.07) is 8.78. The lowest BCUT2D eigenvalue weighted by Gasteiger charge is -2.34. The van der Waals surface area contributed by atoms with Crippen molar-refractivity contribution < 1.29 is 13.0 Å². The first-order valence-electron chi connectivity index (χ1n) is 5.37. The molecule has 90 valence electrons. The normalized spacial score (nSPS) is 28.2. The number of benzene rings is 1. The van der Waals surface area contributed by atoms with Crippen molar-refractivity contribution in [3.63, 3.8) is 0 Å². The molecular formula is C13H14O3S. The Morgan fingerprint density at radius 1 is 1.18 bits per heavy atom. The standard InChI is InChI=1S/C13H14O3S/c1-11-7-5-6-10-13(11,17(14,15)16)12-8-3-2-4-9-12/h2-11H,1H3,(H,14,15,16). The van der Waals surface area contributed by atoms with Crippen LogP contribution in [0.25, 0.3) is 0 Å². The topological polar surface area (TPSA) is 54.4 Å². The van der Waals surface area contributed by atoms with Gasteiger partial charge < -0.3 is 0 Å². The van der Waals surface area contributed by atoms with E-state index in [-0.39, 0.29) is 5.92 Å². The molecule has 1 aromatic rings. The van der Waals surface area contributed by atoms with Gasteiger partial charge in [0.2, 0.25) is 0 Å². The zero-order valence-electron chi connectivity index (χ0n) is 9.45. The van der Waals surface area contributed by atoms with Gasteiger partial charge in [0.1, 0.15) is 4.75 Å². The Hall–Kier alpha value is -1.39. The molecule has 3 nitrogen and oxygen atoms in total. The molecule has 1 aromatic carbocycles. The Morgan fingerprint density at radius 3 is 2.35 bits per heavy atom. The minimum absolute atomic E-state index is 0.315. The van der Waals surface area contributed by atoms with E-state index in [4.69, 9.17) is 0 Å². The molecule has 0 bridgehead atoms. The third-order valence-electron chi connectivity index (χ3n) is 3.18. The van der Waals surface area contributed by atoms with E-state index in [1.54, 1.807) is 55.5 Å². The second-order valence-electron chi connectivity index (χ2n) is 4.17. The van der Waals surface area contributed by atoms with Crippen molar-refractivity contribution in [3.05, 3.63) is 60.2 Å². The van der Waals surface area contributed by atoms with E-state index in [0.29, 0.717) is 5.56 Å². The summed E-state index contributed by atoms with van der Waals surface area (Å²) in [6.45, 7) is 1.78. The molecule has 1 aliphatic rings. The van der Waals surface area contributed by atoms with E-state index < -0.39 is 14.9 Å². The maximum absolute atomic E-state index is 11.8. The number of hydrogen-bond donors (Lipinski definition) is 1. The second kappa shape index (κ2) is 4.13. The maximum Gasteiger partial charge on any atom is 0.279 e. The van der Waals surface area contributed by atoms with Crippen molar-refractivity contribution in [2.75, 3.05) is 0 Å². The monoisotopic (exact) mass is 250 g/mol. The van der Waals surface area contributed by atoms with Gasteiger partial charge in [-0.1, -0.05) is 61.6 Å². The third-order valence-corrected chi connectivity index (χ3v) is 4.78. The van der Waals surface area contributed by atoms with Crippen molar-refractivity contribution in [2.45, 2.75) is 11.7 Å². The number of allylic oxidation sites excluding steroid dienone is 3. The Morgan fingerprint density at radius 2 is 1.82 bits per heavy atom. The van der Waals surface area contributed by atoms with Crippen molar-refractivity contribution in [1.29, 1.82) is 0 Å². The molecule has 0 heterocycles. The summed E-state index contributed by atoms with van der Waals surface area (Å²) < 4.78 is 31.8. The van der Waals surface area contributed by atoms with Crippen LogP contribution in [0.1, 0.15) is 12.5 Å². The summed E-state index contributed by atoms with van der Waals surface area (Å²) in [7, 11) is -4.23. The van der Waals surface area contributed by atoms with Crippen LogP contribution in [-0.2, 0) is 14.9 Å². The minimum atomic E-state index is -4.23. The summed E-state index contributed by atoms with van der Waals surface area (Å²) in [4.78, 5) is 0. The minimum Gasteiger partial charge on any atom is -0.285 e. The molecule has 4 heteroatoms. The highest BCUT2D eigenvalue weighted by Crippen LogP contribution is 2.41. The van der Waals surface area contributed by atoms with E-state index in [1.807, 2.05) is 6.07 Å². The Balaban J connectivity index is 2.70.